The molecule has 3 N–H and O–H groups in total. The minimum atomic E-state index is -0.799. The molecule has 2 aromatic rings. The third-order valence-corrected chi connectivity index (χ3v) is 3.47. The number of hydrogen-bond donors (Lipinski definition) is 3. The Morgan fingerprint density at radius 3 is 2.71 bits per heavy atom. The van der Waals surface area contributed by atoms with E-state index in [-0.39, 0.29) is 25.2 Å². The zero-order chi connectivity index (χ0) is 17.4. The van der Waals surface area contributed by atoms with Crippen LogP contribution in [0.25, 0.3) is 10.8 Å². The van der Waals surface area contributed by atoms with Crippen LogP contribution in [0.2, 0.25) is 0 Å². The summed E-state index contributed by atoms with van der Waals surface area (Å²) in [5, 5.41) is 17.4. The van der Waals surface area contributed by atoms with Crippen LogP contribution in [-0.4, -0.2) is 50.2 Å². The van der Waals surface area contributed by atoms with Crippen LogP contribution in [0, 0.1) is 0 Å². The summed E-state index contributed by atoms with van der Waals surface area (Å²) in [7, 11) is 1.57. The molecule has 2 atom stereocenters. The fourth-order valence-corrected chi connectivity index (χ4v) is 2.34. The average Bonchev–Trinajstić information content (AvgIpc) is 2.58. The van der Waals surface area contributed by atoms with Crippen molar-refractivity contribution in [3.8, 4) is 5.75 Å². The Morgan fingerprint density at radius 2 is 1.92 bits per heavy atom. The molecule has 2 amide bonds. The number of fused-ring (bicyclic) bond motifs is 1. The molecule has 0 radical (unpaired) electrons. The van der Waals surface area contributed by atoms with Gasteiger partial charge in [0.05, 0.1) is 12.6 Å². The Morgan fingerprint density at radius 1 is 1.17 bits per heavy atom. The SMILES string of the molecule is COC[C@@H](C)NC(=O)NC[C@H](O)COc1cccc2ccccc12. The third kappa shape index (κ3) is 5.40. The molecule has 6 heteroatoms. The number of ether oxygens (including phenoxy) is 2. The van der Waals surface area contributed by atoms with Crippen LogP contribution in [0.4, 0.5) is 4.79 Å². The van der Waals surface area contributed by atoms with Gasteiger partial charge in [0.1, 0.15) is 18.5 Å². The van der Waals surface area contributed by atoms with Gasteiger partial charge in [-0.25, -0.2) is 4.79 Å². The number of carbonyl (C=O) groups excluding carboxylic acids is 1. The summed E-state index contributed by atoms with van der Waals surface area (Å²) in [5.41, 5.74) is 0. The predicted molar refractivity (Wildman–Crippen MR) is 93.3 cm³/mol. The number of amides is 2. The van der Waals surface area contributed by atoms with Gasteiger partial charge in [-0.3, -0.25) is 0 Å². The van der Waals surface area contributed by atoms with E-state index in [4.69, 9.17) is 9.47 Å². The van der Waals surface area contributed by atoms with Crippen LogP contribution < -0.4 is 15.4 Å². The molecule has 130 valence electrons. The second-order valence-corrected chi connectivity index (χ2v) is 5.65. The van der Waals surface area contributed by atoms with Crippen LogP contribution in [0.5, 0.6) is 5.75 Å². The summed E-state index contributed by atoms with van der Waals surface area (Å²) >= 11 is 0. The van der Waals surface area contributed by atoms with E-state index in [2.05, 4.69) is 10.6 Å². The zero-order valence-electron chi connectivity index (χ0n) is 14.0. The molecule has 0 aliphatic heterocycles. The first-order valence-electron chi connectivity index (χ1n) is 7.92. The Hall–Kier alpha value is -2.31. The van der Waals surface area contributed by atoms with Crippen LogP contribution >= 0.6 is 0 Å². The van der Waals surface area contributed by atoms with Crippen molar-refractivity contribution in [3.05, 3.63) is 42.5 Å². The Bertz CT molecular complexity index is 657. The number of aliphatic hydroxyl groups excluding tert-OH is 1. The van der Waals surface area contributed by atoms with Crippen molar-refractivity contribution in [2.75, 3.05) is 26.9 Å². The highest BCUT2D eigenvalue weighted by atomic mass is 16.5. The first-order valence-corrected chi connectivity index (χ1v) is 7.92. The van der Waals surface area contributed by atoms with E-state index in [0.29, 0.717) is 12.4 Å². The standard InChI is InChI=1S/C18H24N2O4/c1-13(11-23-2)20-18(22)19-10-15(21)12-24-17-9-5-7-14-6-3-4-8-16(14)17/h3-9,13,15,21H,10-12H2,1-2H3,(H2,19,20,22)/t13-,15+/m1/s1. The normalized spacial score (nSPS) is 13.3. The van der Waals surface area contributed by atoms with Crippen LogP contribution in [0.1, 0.15) is 6.92 Å². The summed E-state index contributed by atoms with van der Waals surface area (Å²) in [4.78, 5) is 11.7. The number of aliphatic hydroxyl groups is 1. The largest absolute Gasteiger partial charge is 0.490 e. The summed E-state index contributed by atoms with van der Waals surface area (Å²) in [6.45, 7) is 2.47. The number of benzene rings is 2. The lowest BCUT2D eigenvalue weighted by Gasteiger charge is -2.16. The Labute approximate surface area is 141 Å². The van der Waals surface area contributed by atoms with Crippen LogP contribution in [0.3, 0.4) is 0 Å². The van der Waals surface area contributed by atoms with Crippen molar-refractivity contribution in [1.82, 2.24) is 10.6 Å². The van der Waals surface area contributed by atoms with E-state index in [9.17, 15) is 9.90 Å². The highest BCUT2D eigenvalue weighted by Crippen LogP contribution is 2.25. The lowest BCUT2D eigenvalue weighted by Crippen LogP contribution is -2.45. The van der Waals surface area contributed by atoms with Crippen LogP contribution in [-0.2, 0) is 4.74 Å². The minimum Gasteiger partial charge on any atom is -0.490 e. The Balaban J connectivity index is 1.78. The number of methoxy groups -OCH3 is 1. The Kier molecular flexibility index (Phi) is 6.84. The van der Waals surface area contributed by atoms with Gasteiger partial charge in [0.15, 0.2) is 0 Å². The molecule has 0 saturated carbocycles. The van der Waals surface area contributed by atoms with E-state index >= 15 is 0 Å². The molecular weight excluding hydrogens is 308 g/mol. The molecule has 2 rings (SSSR count). The fourth-order valence-electron chi connectivity index (χ4n) is 2.34. The van der Waals surface area contributed by atoms with Gasteiger partial charge in [-0.05, 0) is 18.4 Å². The molecule has 0 saturated heterocycles. The van der Waals surface area contributed by atoms with E-state index in [1.165, 1.54) is 0 Å². The summed E-state index contributed by atoms with van der Waals surface area (Å²) in [6, 6.07) is 13.2. The molecule has 2 aromatic carbocycles. The third-order valence-electron chi connectivity index (χ3n) is 3.47. The summed E-state index contributed by atoms with van der Waals surface area (Å²) in [6.07, 6.45) is -0.799. The zero-order valence-corrected chi connectivity index (χ0v) is 14.0. The van der Waals surface area contributed by atoms with E-state index < -0.39 is 6.10 Å². The highest BCUT2D eigenvalue weighted by molar-refractivity contribution is 5.88. The maximum absolute atomic E-state index is 11.7. The van der Waals surface area contributed by atoms with Gasteiger partial charge < -0.3 is 25.2 Å². The molecule has 24 heavy (non-hydrogen) atoms. The minimum absolute atomic E-state index is 0.0981. The molecular formula is C18H24N2O4. The highest BCUT2D eigenvalue weighted by Gasteiger charge is 2.11. The van der Waals surface area contributed by atoms with Crippen LogP contribution in [0.15, 0.2) is 42.5 Å². The number of hydrogen-bond acceptors (Lipinski definition) is 4. The molecule has 0 unspecified atom stereocenters. The molecule has 0 aliphatic carbocycles. The van der Waals surface area contributed by atoms with Gasteiger partial charge in [-0.1, -0.05) is 36.4 Å². The lowest BCUT2D eigenvalue weighted by molar-refractivity contribution is 0.108. The van der Waals surface area contributed by atoms with Gasteiger partial charge in [-0.2, -0.15) is 0 Å². The number of nitrogens with one attached hydrogen (secondary N) is 2. The van der Waals surface area contributed by atoms with Gasteiger partial charge in [-0.15, -0.1) is 0 Å². The lowest BCUT2D eigenvalue weighted by atomic mass is 10.1. The molecule has 6 nitrogen and oxygen atoms in total. The van der Waals surface area contributed by atoms with Crippen molar-refractivity contribution in [1.29, 1.82) is 0 Å². The molecule has 0 bridgehead atoms. The van der Waals surface area contributed by atoms with E-state index in [1.54, 1.807) is 7.11 Å². The van der Waals surface area contributed by atoms with Crippen molar-refractivity contribution < 1.29 is 19.4 Å². The van der Waals surface area contributed by atoms with E-state index in [1.807, 2.05) is 49.4 Å². The monoisotopic (exact) mass is 332 g/mol. The number of carbonyl (C=O) groups is 1. The quantitative estimate of drug-likeness (QED) is 0.690. The molecule has 0 heterocycles. The molecule has 0 spiro atoms. The number of rotatable bonds is 8. The fraction of sp³-hybridized carbons (Fsp3) is 0.389. The summed E-state index contributed by atoms with van der Waals surface area (Å²) in [5.74, 6) is 0.713. The average molecular weight is 332 g/mol. The van der Waals surface area contributed by atoms with Gasteiger partial charge in [0, 0.05) is 19.0 Å². The smallest absolute Gasteiger partial charge is 0.315 e. The van der Waals surface area contributed by atoms with Gasteiger partial charge >= 0.3 is 6.03 Å². The topological polar surface area (TPSA) is 79.8 Å². The van der Waals surface area contributed by atoms with Gasteiger partial charge in [0.2, 0.25) is 0 Å². The van der Waals surface area contributed by atoms with Gasteiger partial charge in [0.25, 0.3) is 0 Å². The van der Waals surface area contributed by atoms with Crippen molar-refractivity contribution in [2.24, 2.45) is 0 Å². The maximum atomic E-state index is 11.7. The maximum Gasteiger partial charge on any atom is 0.315 e. The predicted octanol–water partition coefficient (Wildman–Crippen LogP) is 1.91. The molecule has 0 aliphatic rings. The van der Waals surface area contributed by atoms with Crippen molar-refractivity contribution in [3.63, 3.8) is 0 Å². The molecule has 0 fully saturated rings. The van der Waals surface area contributed by atoms with E-state index in [0.717, 1.165) is 10.8 Å². The second-order valence-electron chi connectivity index (χ2n) is 5.65. The number of urea groups is 1. The second kappa shape index (κ2) is 9.10. The first-order chi connectivity index (χ1) is 11.6. The molecule has 0 aromatic heterocycles. The van der Waals surface area contributed by atoms with Crippen molar-refractivity contribution in [2.45, 2.75) is 19.1 Å². The van der Waals surface area contributed by atoms with Crippen molar-refractivity contribution >= 4 is 16.8 Å². The summed E-state index contributed by atoms with van der Waals surface area (Å²) < 4.78 is 10.6. The first kappa shape index (κ1) is 18.0.